The molecule has 0 amide bonds. The zero-order valence-electron chi connectivity index (χ0n) is 12.9. The second-order valence-corrected chi connectivity index (χ2v) is 5.78. The van der Waals surface area contributed by atoms with Gasteiger partial charge in [-0.3, -0.25) is 0 Å². The molecule has 3 rings (SSSR count). The Morgan fingerprint density at radius 3 is 2.48 bits per heavy atom. The first-order chi connectivity index (χ1) is 10.3. The molecule has 0 atom stereocenters. The van der Waals surface area contributed by atoms with Crippen molar-refractivity contribution in [3.63, 3.8) is 0 Å². The Morgan fingerprint density at radius 1 is 1.10 bits per heavy atom. The third-order valence-electron chi connectivity index (χ3n) is 4.27. The maximum absolute atomic E-state index is 4.92. The lowest BCUT2D eigenvalue weighted by Gasteiger charge is -2.16. The highest BCUT2D eigenvalue weighted by atomic mass is 15.0. The van der Waals surface area contributed by atoms with E-state index in [1.54, 1.807) is 0 Å². The van der Waals surface area contributed by atoms with Crippen molar-refractivity contribution < 1.29 is 0 Å². The molecule has 1 aliphatic carbocycles. The SMILES string of the molecule is CCNc1nc(C2CCCC2)nc(-c2ccccc2)c1C. The molecule has 1 fully saturated rings. The number of nitrogens with one attached hydrogen (secondary N) is 1. The molecule has 1 saturated carbocycles. The van der Waals surface area contributed by atoms with E-state index in [2.05, 4.69) is 43.4 Å². The largest absolute Gasteiger partial charge is 0.370 e. The summed E-state index contributed by atoms with van der Waals surface area (Å²) in [4.78, 5) is 9.72. The quantitative estimate of drug-likeness (QED) is 0.894. The lowest BCUT2D eigenvalue weighted by Crippen LogP contribution is -2.10. The van der Waals surface area contributed by atoms with Gasteiger partial charge in [0, 0.05) is 23.6 Å². The molecule has 0 bridgehead atoms. The highest BCUT2D eigenvalue weighted by Gasteiger charge is 2.22. The average Bonchev–Trinajstić information content (AvgIpc) is 3.05. The van der Waals surface area contributed by atoms with Crippen molar-refractivity contribution in [2.45, 2.75) is 45.4 Å². The van der Waals surface area contributed by atoms with Gasteiger partial charge in [-0.25, -0.2) is 9.97 Å². The predicted molar refractivity (Wildman–Crippen MR) is 87.6 cm³/mol. The molecule has 21 heavy (non-hydrogen) atoms. The highest BCUT2D eigenvalue weighted by Crippen LogP contribution is 2.35. The monoisotopic (exact) mass is 281 g/mol. The van der Waals surface area contributed by atoms with Crippen LogP contribution >= 0.6 is 0 Å². The Hall–Kier alpha value is -1.90. The van der Waals surface area contributed by atoms with Crippen molar-refractivity contribution >= 4 is 5.82 Å². The summed E-state index contributed by atoms with van der Waals surface area (Å²) < 4.78 is 0. The van der Waals surface area contributed by atoms with Crippen molar-refractivity contribution in [1.29, 1.82) is 0 Å². The van der Waals surface area contributed by atoms with Gasteiger partial charge in [-0.05, 0) is 26.7 Å². The standard InChI is InChI=1S/C18H23N3/c1-3-19-17-13(2)16(14-9-5-4-6-10-14)20-18(21-17)15-11-7-8-12-15/h4-6,9-10,15H,3,7-8,11-12H2,1-2H3,(H,19,20,21). The van der Waals surface area contributed by atoms with Gasteiger partial charge >= 0.3 is 0 Å². The van der Waals surface area contributed by atoms with E-state index in [0.29, 0.717) is 5.92 Å². The highest BCUT2D eigenvalue weighted by molar-refractivity contribution is 5.68. The van der Waals surface area contributed by atoms with E-state index < -0.39 is 0 Å². The maximum atomic E-state index is 4.92. The Kier molecular flexibility index (Phi) is 4.18. The summed E-state index contributed by atoms with van der Waals surface area (Å²) in [5.41, 5.74) is 3.39. The smallest absolute Gasteiger partial charge is 0.134 e. The number of aromatic nitrogens is 2. The zero-order chi connectivity index (χ0) is 14.7. The maximum Gasteiger partial charge on any atom is 0.134 e. The Labute approximate surface area is 126 Å². The van der Waals surface area contributed by atoms with E-state index in [9.17, 15) is 0 Å². The normalized spacial score (nSPS) is 15.3. The Morgan fingerprint density at radius 2 is 1.81 bits per heavy atom. The molecule has 0 spiro atoms. The summed E-state index contributed by atoms with van der Waals surface area (Å²) in [6, 6.07) is 10.4. The second kappa shape index (κ2) is 6.25. The van der Waals surface area contributed by atoms with Crippen LogP contribution in [0.1, 0.15) is 49.9 Å². The van der Waals surface area contributed by atoms with Crippen molar-refractivity contribution in [3.8, 4) is 11.3 Å². The van der Waals surface area contributed by atoms with Crippen molar-refractivity contribution in [2.75, 3.05) is 11.9 Å². The molecule has 0 saturated heterocycles. The van der Waals surface area contributed by atoms with E-state index in [1.165, 1.54) is 31.2 Å². The minimum Gasteiger partial charge on any atom is -0.370 e. The first-order valence-corrected chi connectivity index (χ1v) is 7.97. The average molecular weight is 281 g/mol. The molecular weight excluding hydrogens is 258 g/mol. The minimum atomic E-state index is 0.533. The van der Waals surface area contributed by atoms with E-state index in [1.807, 2.05) is 6.07 Å². The lowest BCUT2D eigenvalue weighted by molar-refractivity contribution is 0.668. The summed E-state index contributed by atoms with van der Waals surface area (Å²) in [7, 11) is 0. The summed E-state index contributed by atoms with van der Waals surface area (Å²) in [6.07, 6.45) is 5.06. The fourth-order valence-corrected chi connectivity index (χ4v) is 3.12. The van der Waals surface area contributed by atoms with Gasteiger partial charge < -0.3 is 5.32 Å². The summed E-state index contributed by atoms with van der Waals surface area (Å²) in [5.74, 6) is 2.55. The number of nitrogens with zero attached hydrogens (tertiary/aromatic N) is 2. The number of benzene rings is 1. The Bertz CT molecular complexity index is 601. The Balaban J connectivity index is 2.08. The molecule has 3 nitrogen and oxygen atoms in total. The molecule has 1 aliphatic rings. The fourth-order valence-electron chi connectivity index (χ4n) is 3.12. The van der Waals surface area contributed by atoms with Crippen LogP contribution in [-0.2, 0) is 0 Å². The summed E-state index contributed by atoms with van der Waals surface area (Å²) >= 11 is 0. The minimum absolute atomic E-state index is 0.533. The number of rotatable bonds is 4. The third kappa shape index (κ3) is 2.92. The first-order valence-electron chi connectivity index (χ1n) is 7.97. The molecule has 0 unspecified atom stereocenters. The number of hydrogen-bond donors (Lipinski definition) is 1. The van der Waals surface area contributed by atoms with Crippen LogP contribution in [0.15, 0.2) is 30.3 Å². The summed E-state index contributed by atoms with van der Waals surface area (Å²) in [6.45, 7) is 5.11. The van der Waals surface area contributed by atoms with Gasteiger partial charge in [-0.1, -0.05) is 43.2 Å². The van der Waals surface area contributed by atoms with Gasteiger partial charge in [0.15, 0.2) is 0 Å². The topological polar surface area (TPSA) is 37.8 Å². The molecular formula is C18H23N3. The molecule has 0 radical (unpaired) electrons. The summed E-state index contributed by atoms with van der Waals surface area (Å²) in [5, 5.41) is 3.40. The van der Waals surface area contributed by atoms with Crippen molar-refractivity contribution in [1.82, 2.24) is 9.97 Å². The van der Waals surface area contributed by atoms with Gasteiger partial charge in [0.25, 0.3) is 0 Å². The van der Waals surface area contributed by atoms with Gasteiger partial charge in [0.2, 0.25) is 0 Å². The third-order valence-corrected chi connectivity index (χ3v) is 4.27. The number of hydrogen-bond acceptors (Lipinski definition) is 3. The molecule has 3 heteroatoms. The lowest BCUT2D eigenvalue weighted by atomic mass is 10.0. The van der Waals surface area contributed by atoms with Crippen LogP contribution in [0.25, 0.3) is 11.3 Å². The molecule has 1 aromatic heterocycles. The van der Waals surface area contributed by atoms with Gasteiger partial charge in [0.1, 0.15) is 11.6 Å². The number of anilines is 1. The molecule has 1 N–H and O–H groups in total. The fraction of sp³-hybridized carbons (Fsp3) is 0.444. The predicted octanol–water partition coefficient (Wildman–Crippen LogP) is 4.54. The van der Waals surface area contributed by atoms with E-state index in [-0.39, 0.29) is 0 Å². The molecule has 110 valence electrons. The molecule has 2 aromatic rings. The van der Waals surface area contributed by atoms with Crippen LogP contribution in [-0.4, -0.2) is 16.5 Å². The van der Waals surface area contributed by atoms with Crippen LogP contribution in [0.3, 0.4) is 0 Å². The van der Waals surface area contributed by atoms with Crippen LogP contribution in [0.4, 0.5) is 5.82 Å². The second-order valence-electron chi connectivity index (χ2n) is 5.78. The van der Waals surface area contributed by atoms with Gasteiger partial charge in [0.05, 0.1) is 5.69 Å². The molecule has 1 heterocycles. The first kappa shape index (κ1) is 14.1. The van der Waals surface area contributed by atoms with Gasteiger partial charge in [-0.2, -0.15) is 0 Å². The van der Waals surface area contributed by atoms with E-state index in [4.69, 9.17) is 9.97 Å². The van der Waals surface area contributed by atoms with Gasteiger partial charge in [-0.15, -0.1) is 0 Å². The van der Waals surface area contributed by atoms with Crippen LogP contribution in [0.2, 0.25) is 0 Å². The van der Waals surface area contributed by atoms with Crippen molar-refractivity contribution in [3.05, 3.63) is 41.7 Å². The van der Waals surface area contributed by atoms with E-state index in [0.717, 1.165) is 29.4 Å². The van der Waals surface area contributed by atoms with E-state index >= 15 is 0 Å². The molecule has 0 aliphatic heterocycles. The van der Waals surface area contributed by atoms with Crippen LogP contribution < -0.4 is 5.32 Å². The van der Waals surface area contributed by atoms with Crippen LogP contribution in [0.5, 0.6) is 0 Å². The van der Waals surface area contributed by atoms with Crippen molar-refractivity contribution in [2.24, 2.45) is 0 Å². The zero-order valence-corrected chi connectivity index (χ0v) is 12.9. The van der Waals surface area contributed by atoms with Crippen LogP contribution in [0, 0.1) is 6.92 Å². The molecule has 1 aromatic carbocycles.